The van der Waals surface area contributed by atoms with Crippen LogP contribution in [0, 0.1) is 18.4 Å². The Labute approximate surface area is 110 Å². The fourth-order valence-corrected chi connectivity index (χ4v) is 1.73. The average Bonchev–Trinajstić information content (AvgIpc) is 2.38. The molecule has 0 unspecified atom stereocenters. The van der Waals surface area contributed by atoms with Gasteiger partial charge < -0.3 is 0 Å². The van der Waals surface area contributed by atoms with Crippen LogP contribution in [0.25, 0.3) is 6.08 Å². The highest BCUT2D eigenvalue weighted by Crippen LogP contribution is 2.13. The monoisotopic (exact) mass is 281 g/mol. The maximum atomic E-state index is 5.44. The van der Waals surface area contributed by atoms with Crippen LogP contribution in [0.5, 0.6) is 0 Å². The quantitative estimate of drug-likeness (QED) is 0.569. The molecule has 17 heavy (non-hydrogen) atoms. The van der Waals surface area contributed by atoms with Crippen LogP contribution in [-0.4, -0.2) is 0 Å². The second-order valence-corrected chi connectivity index (χ2v) is 4.44. The molecule has 0 aliphatic carbocycles. The van der Waals surface area contributed by atoms with Crippen molar-refractivity contribution >= 4 is 22.0 Å². The minimum atomic E-state index is 0.886. The van der Waals surface area contributed by atoms with Crippen molar-refractivity contribution in [3.05, 3.63) is 75.8 Å². The molecule has 0 bridgehead atoms. The van der Waals surface area contributed by atoms with E-state index >= 15 is 0 Å². The van der Waals surface area contributed by atoms with E-state index in [1.807, 2.05) is 54.6 Å². The van der Waals surface area contributed by atoms with Gasteiger partial charge in [-0.3, -0.25) is 0 Å². The fourth-order valence-electron chi connectivity index (χ4n) is 1.46. The average molecular weight is 282 g/mol. The molecule has 0 aliphatic rings. The van der Waals surface area contributed by atoms with E-state index in [9.17, 15) is 0 Å². The van der Waals surface area contributed by atoms with Crippen molar-refractivity contribution < 1.29 is 0 Å². The first-order valence-corrected chi connectivity index (χ1v) is 6.00. The van der Waals surface area contributed by atoms with E-state index < -0.39 is 0 Å². The Balaban J connectivity index is 2.26. The van der Waals surface area contributed by atoms with Crippen molar-refractivity contribution in [3.8, 4) is 12.3 Å². The van der Waals surface area contributed by atoms with Crippen LogP contribution in [0.4, 0.5) is 0 Å². The zero-order valence-corrected chi connectivity index (χ0v) is 10.7. The Hall–Kier alpha value is -1.78. The summed E-state index contributed by atoms with van der Waals surface area (Å²) in [6.45, 7) is 0. The SMILES string of the molecule is C#Cc1ccccc1C=[C]c1ccc(Br)cc1. The van der Waals surface area contributed by atoms with Crippen molar-refractivity contribution in [3.63, 3.8) is 0 Å². The molecular formula is C16H10Br. The van der Waals surface area contributed by atoms with E-state index in [2.05, 4.69) is 27.9 Å². The number of hydrogen-bond acceptors (Lipinski definition) is 0. The molecule has 2 rings (SSSR count). The fraction of sp³-hybridized carbons (Fsp3) is 0. The lowest BCUT2D eigenvalue weighted by molar-refractivity contribution is 1.54. The maximum absolute atomic E-state index is 5.44. The highest BCUT2D eigenvalue weighted by Gasteiger charge is 1.94. The third-order valence-electron chi connectivity index (χ3n) is 2.35. The third-order valence-corrected chi connectivity index (χ3v) is 2.88. The van der Waals surface area contributed by atoms with Crippen LogP contribution in [0.2, 0.25) is 0 Å². The summed E-state index contributed by atoms with van der Waals surface area (Å²) in [5.41, 5.74) is 2.93. The first-order chi connectivity index (χ1) is 8.29. The van der Waals surface area contributed by atoms with Gasteiger partial charge >= 0.3 is 0 Å². The molecule has 1 heteroatoms. The summed E-state index contributed by atoms with van der Waals surface area (Å²) in [4.78, 5) is 0. The summed E-state index contributed by atoms with van der Waals surface area (Å²) in [5, 5.41) is 0. The Kier molecular flexibility index (Phi) is 3.80. The summed E-state index contributed by atoms with van der Waals surface area (Å²) in [6, 6.07) is 15.8. The second-order valence-electron chi connectivity index (χ2n) is 3.53. The molecular weight excluding hydrogens is 272 g/mol. The molecule has 0 nitrogen and oxygen atoms in total. The van der Waals surface area contributed by atoms with Crippen molar-refractivity contribution in [2.24, 2.45) is 0 Å². The van der Waals surface area contributed by atoms with Gasteiger partial charge in [-0.2, -0.15) is 0 Å². The van der Waals surface area contributed by atoms with Gasteiger partial charge in [0.1, 0.15) is 0 Å². The molecule has 0 saturated carbocycles. The van der Waals surface area contributed by atoms with Gasteiger partial charge in [-0.15, -0.1) is 6.42 Å². The van der Waals surface area contributed by atoms with Crippen molar-refractivity contribution in [2.75, 3.05) is 0 Å². The highest BCUT2D eigenvalue weighted by atomic mass is 79.9. The Morgan fingerprint density at radius 1 is 1.00 bits per heavy atom. The lowest BCUT2D eigenvalue weighted by atomic mass is 10.1. The van der Waals surface area contributed by atoms with Gasteiger partial charge in [-0.1, -0.05) is 52.2 Å². The molecule has 81 valence electrons. The zero-order valence-electron chi connectivity index (χ0n) is 9.15. The molecule has 0 N–H and O–H groups in total. The number of terminal acetylenes is 1. The maximum Gasteiger partial charge on any atom is 0.0315 e. The van der Waals surface area contributed by atoms with Crippen LogP contribution in [-0.2, 0) is 0 Å². The second kappa shape index (κ2) is 5.52. The van der Waals surface area contributed by atoms with Gasteiger partial charge in [0.25, 0.3) is 0 Å². The van der Waals surface area contributed by atoms with Gasteiger partial charge in [0, 0.05) is 10.0 Å². The molecule has 0 amide bonds. The van der Waals surface area contributed by atoms with Crippen LogP contribution in [0.1, 0.15) is 16.7 Å². The predicted octanol–water partition coefficient (Wildman–Crippen LogP) is 4.30. The number of halogens is 1. The first kappa shape index (κ1) is 11.7. The highest BCUT2D eigenvalue weighted by molar-refractivity contribution is 9.10. The van der Waals surface area contributed by atoms with E-state index in [1.54, 1.807) is 0 Å². The third kappa shape index (κ3) is 3.09. The topological polar surface area (TPSA) is 0 Å². The molecule has 0 atom stereocenters. The zero-order chi connectivity index (χ0) is 12.1. The molecule has 0 saturated heterocycles. The molecule has 0 heterocycles. The largest absolute Gasteiger partial charge is 0.115 e. The predicted molar refractivity (Wildman–Crippen MR) is 75.3 cm³/mol. The molecule has 1 radical (unpaired) electrons. The van der Waals surface area contributed by atoms with Crippen molar-refractivity contribution in [2.45, 2.75) is 0 Å². The normalized spacial score (nSPS) is 10.4. The summed E-state index contributed by atoms with van der Waals surface area (Å²) in [7, 11) is 0. The minimum absolute atomic E-state index is 0.886. The molecule has 0 fully saturated rings. The van der Waals surface area contributed by atoms with Gasteiger partial charge in [0.2, 0.25) is 0 Å². The Morgan fingerprint density at radius 3 is 2.41 bits per heavy atom. The number of hydrogen-bond donors (Lipinski definition) is 0. The van der Waals surface area contributed by atoms with E-state index in [4.69, 9.17) is 6.42 Å². The summed E-state index contributed by atoms with van der Waals surface area (Å²) in [5.74, 6) is 2.66. The molecule has 0 spiro atoms. The van der Waals surface area contributed by atoms with Crippen LogP contribution >= 0.6 is 15.9 Å². The molecule has 0 aliphatic heterocycles. The van der Waals surface area contributed by atoms with Gasteiger partial charge in [-0.05, 0) is 41.5 Å². The Morgan fingerprint density at radius 2 is 1.71 bits per heavy atom. The summed E-state index contributed by atoms with van der Waals surface area (Å²) < 4.78 is 1.06. The smallest absolute Gasteiger partial charge is 0.0315 e. The van der Waals surface area contributed by atoms with Crippen molar-refractivity contribution in [1.82, 2.24) is 0 Å². The van der Waals surface area contributed by atoms with E-state index in [0.717, 1.165) is 21.2 Å². The van der Waals surface area contributed by atoms with Crippen molar-refractivity contribution in [1.29, 1.82) is 0 Å². The van der Waals surface area contributed by atoms with Crippen LogP contribution in [0.15, 0.2) is 53.0 Å². The number of rotatable bonds is 2. The Bertz CT molecular complexity index is 571. The van der Waals surface area contributed by atoms with Gasteiger partial charge in [0.15, 0.2) is 0 Å². The molecule has 0 aromatic heterocycles. The van der Waals surface area contributed by atoms with Gasteiger partial charge in [-0.25, -0.2) is 0 Å². The van der Waals surface area contributed by atoms with Crippen LogP contribution < -0.4 is 0 Å². The lowest BCUT2D eigenvalue weighted by Crippen LogP contribution is -1.80. The van der Waals surface area contributed by atoms with E-state index in [0.29, 0.717) is 0 Å². The van der Waals surface area contributed by atoms with E-state index in [-0.39, 0.29) is 0 Å². The molecule has 2 aromatic rings. The number of benzene rings is 2. The van der Waals surface area contributed by atoms with Gasteiger partial charge in [0.05, 0.1) is 0 Å². The van der Waals surface area contributed by atoms with Crippen LogP contribution in [0.3, 0.4) is 0 Å². The minimum Gasteiger partial charge on any atom is -0.115 e. The summed E-state index contributed by atoms with van der Waals surface area (Å²) in [6.07, 6.45) is 10.6. The summed E-state index contributed by atoms with van der Waals surface area (Å²) >= 11 is 3.40. The lowest BCUT2D eigenvalue weighted by Gasteiger charge is -1.97. The molecule has 2 aromatic carbocycles. The first-order valence-electron chi connectivity index (χ1n) is 5.20. The standard InChI is InChI=1S/C16H10Br/c1-2-14-5-3-4-6-15(14)10-7-13-8-11-16(17)12-9-13/h1,3-6,8-12H. The van der Waals surface area contributed by atoms with E-state index in [1.165, 1.54) is 0 Å².